The van der Waals surface area contributed by atoms with Gasteiger partial charge in [-0.15, -0.1) is 10.2 Å². The highest BCUT2D eigenvalue weighted by atomic mass is 19.1. The Kier molecular flexibility index (Phi) is 4.59. The number of phenols is 1. The van der Waals surface area contributed by atoms with Crippen LogP contribution in [-0.2, 0) is 0 Å². The average molecular weight is 396 g/mol. The van der Waals surface area contributed by atoms with Gasteiger partial charge in [0.2, 0.25) is 0 Å². The van der Waals surface area contributed by atoms with Crippen LogP contribution in [-0.4, -0.2) is 54.2 Å². The second-order valence-corrected chi connectivity index (χ2v) is 7.53. The van der Waals surface area contributed by atoms with Crippen LogP contribution < -0.4 is 10.1 Å². The molecule has 0 radical (unpaired) electrons. The van der Waals surface area contributed by atoms with Crippen molar-refractivity contribution in [2.24, 2.45) is 0 Å². The minimum absolute atomic E-state index is 0.0293. The minimum atomic E-state index is -1.08. The summed E-state index contributed by atoms with van der Waals surface area (Å²) in [6, 6.07) is 5.28. The molecule has 1 aromatic carbocycles. The third kappa shape index (κ3) is 3.53. The quantitative estimate of drug-likeness (QED) is 0.699. The van der Waals surface area contributed by atoms with E-state index in [0.29, 0.717) is 12.0 Å². The number of hydrogen-bond acceptors (Lipinski definition) is 7. The number of imidazole rings is 1. The number of fused-ring (bicyclic) bond motifs is 2. The number of hydrogen-bond donors (Lipinski definition) is 2. The first-order valence-corrected chi connectivity index (χ1v) is 9.75. The Morgan fingerprint density at radius 2 is 2.17 bits per heavy atom. The second kappa shape index (κ2) is 7.40. The molecule has 29 heavy (non-hydrogen) atoms. The van der Waals surface area contributed by atoms with Crippen LogP contribution in [0.1, 0.15) is 25.7 Å². The Morgan fingerprint density at radius 3 is 2.93 bits per heavy atom. The molecule has 0 amide bonds. The number of ether oxygens (including phenoxy) is 1. The Bertz CT molecular complexity index is 981. The lowest BCUT2D eigenvalue weighted by Crippen LogP contribution is -2.59. The van der Waals surface area contributed by atoms with Crippen molar-refractivity contribution in [2.75, 3.05) is 0 Å². The molecule has 2 aliphatic heterocycles. The summed E-state index contributed by atoms with van der Waals surface area (Å²) >= 11 is 0. The van der Waals surface area contributed by atoms with Crippen molar-refractivity contribution in [3.05, 3.63) is 43.1 Å². The summed E-state index contributed by atoms with van der Waals surface area (Å²) in [6.07, 6.45) is 8.42. The lowest BCUT2D eigenvalue weighted by atomic mass is 9.84. The lowest BCUT2D eigenvalue weighted by Gasteiger charge is -2.42. The van der Waals surface area contributed by atoms with Crippen LogP contribution in [0.15, 0.2) is 43.1 Å². The van der Waals surface area contributed by atoms with Crippen molar-refractivity contribution in [1.82, 2.24) is 30.0 Å². The molecule has 150 valence electrons. The zero-order valence-electron chi connectivity index (χ0n) is 15.6. The normalized spacial score (nSPS) is 26.2. The van der Waals surface area contributed by atoms with Crippen LogP contribution in [0.5, 0.6) is 11.6 Å². The summed E-state index contributed by atoms with van der Waals surface area (Å²) in [5.41, 5.74) is 1.22. The molecule has 4 atom stereocenters. The third-order valence-electron chi connectivity index (χ3n) is 5.61. The van der Waals surface area contributed by atoms with E-state index in [1.165, 1.54) is 6.20 Å². The van der Waals surface area contributed by atoms with E-state index >= 15 is 0 Å². The van der Waals surface area contributed by atoms with Gasteiger partial charge in [0.15, 0.2) is 12.0 Å². The van der Waals surface area contributed by atoms with E-state index < -0.39 is 12.3 Å². The molecule has 3 aromatic rings. The summed E-state index contributed by atoms with van der Waals surface area (Å²) in [4.78, 5) is 8.24. The van der Waals surface area contributed by atoms with Gasteiger partial charge in [0, 0.05) is 37.0 Å². The zero-order chi connectivity index (χ0) is 19.8. The fourth-order valence-corrected chi connectivity index (χ4v) is 4.15. The Balaban J connectivity index is 1.31. The fraction of sp³-hybridized carbons (Fsp3) is 0.400. The number of piperidine rings is 2. The van der Waals surface area contributed by atoms with Crippen molar-refractivity contribution in [3.8, 4) is 28.7 Å². The van der Waals surface area contributed by atoms with E-state index in [-0.39, 0.29) is 29.5 Å². The molecule has 2 fully saturated rings. The molecule has 2 aliphatic rings. The Morgan fingerprint density at radius 1 is 1.24 bits per heavy atom. The van der Waals surface area contributed by atoms with Crippen molar-refractivity contribution in [2.45, 2.75) is 50.0 Å². The smallest absolute Gasteiger partial charge is 0.252 e. The van der Waals surface area contributed by atoms with E-state index in [4.69, 9.17) is 4.74 Å². The number of aromatic hydroxyl groups is 1. The van der Waals surface area contributed by atoms with Crippen molar-refractivity contribution in [1.29, 1.82) is 0 Å². The summed E-state index contributed by atoms with van der Waals surface area (Å²) in [6.45, 7) is 0. The van der Waals surface area contributed by atoms with Crippen LogP contribution >= 0.6 is 0 Å². The minimum Gasteiger partial charge on any atom is -0.507 e. The maximum absolute atomic E-state index is 14.7. The van der Waals surface area contributed by atoms with E-state index in [2.05, 4.69) is 25.5 Å². The number of benzene rings is 1. The first-order valence-electron chi connectivity index (χ1n) is 9.75. The van der Waals surface area contributed by atoms with Crippen LogP contribution in [0.3, 0.4) is 0 Å². The molecule has 0 aliphatic carbocycles. The highest BCUT2D eigenvalue weighted by Crippen LogP contribution is 2.31. The van der Waals surface area contributed by atoms with Crippen molar-refractivity contribution < 1.29 is 14.2 Å². The van der Waals surface area contributed by atoms with Gasteiger partial charge in [0.1, 0.15) is 11.9 Å². The van der Waals surface area contributed by atoms with Gasteiger partial charge in [-0.1, -0.05) is 6.42 Å². The molecule has 2 aromatic heterocycles. The molecule has 5 rings (SSSR count). The molecular weight excluding hydrogens is 375 g/mol. The van der Waals surface area contributed by atoms with E-state index in [0.717, 1.165) is 24.9 Å². The zero-order valence-corrected chi connectivity index (χ0v) is 15.6. The molecule has 2 saturated heterocycles. The lowest BCUT2D eigenvalue weighted by molar-refractivity contribution is 0.00628. The first-order chi connectivity index (χ1) is 14.2. The third-order valence-corrected chi connectivity index (χ3v) is 5.61. The fourth-order valence-electron chi connectivity index (χ4n) is 4.15. The van der Waals surface area contributed by atoms with Crippen LogP contribution in [0.4, 0.5) is 4.39 Å². The number of alkyl halides is 1. The van der Waals surface area contributed by atoms with E-state index in [1.807, 2.05) is 6.07 Å². The molecule has 0 spiro atoms. The Labute approximate surface area is 166 Å². The van der Waals surface area contributed by atoms with E-state index in [9.17, 15) is 9.50 Å². The second-order valence-electron chi connectivity index (χ2n) is 7.53. The van der Waals surface area contributed by atoms with Gasteiger partial charge in [-0.3, -0.25) is 0 Å². The summed E-state index contributed by atoms with van der Waals surface area (Å²) in [7, 11) is 0. The highest BCUT2D eigenvalue weighted by Gasteiger charge is 2.41. The number of rotatable bonds is 4. The predicted molar refractivity (Wildman–Crippen MR) is 103 cm³/mol. The largest absolute Gasteiger partial charge is 0.507 e. The van der Waals surface area contributed by atoms with Gasteiger partial charge < -0.3 is 19.7 Å². The number of halogens is 1. The molecule has 2 bridgehead atoms. The number of nitrogens with one attached hydrogen (secondary N) is 1. The van der Waals surface area contributed by atoms with Crippen molar-refractivity contribution >= 4 is 0 Å². The topological polar surface area (TPSA) is 98.0 Å². The molecule has 0 saturated carbocycles. The molecule has 8 nitrogen and oxygen atoms in total. The monoisotopic (exact) mass is 396 g/mol. The maximum atomic E-state index is 14.7. The molecular formula is C20H21FN6O2. The van der Waals surface area contributed by atoms with E-state index in [1.54, 1.807) is 35.4 Å². The van der Waals surface area contributed by atoms with Gasteiger partial charge in [0.25, 0.3) is 5.88 Å². The van der Waals surface area contributed by atoms with Crippen LogP contribution in [0, 0.1) is 0 Å². The summed E-state index contributed by atoms with van der Waals surface area (Å²) in [5.74, 6) is 0.489. The van der Waals surface area contributed by atoms with Gasteiger partial charge in [-0.2, -0.15) is 0 Å². The SMILES string of the molecule is Oc1cc(-n2ccnc2)ccc1-c1ncc(O[C@@H]2CC3CCCC(N3)[C@@H]2F)nn1. The van der Waals surface area contributed by atoms with Gasteiger partial charge in [-0.25, -0.2) is 14.4 Å². The highest BCUT2D eigenvalue weighted by molar-refractivity contribution is 5.65. The molecule has 2 N–H and O–H groups in total. The maximum Gasteiger partial charge on any atom is 0.252 e. The number of phenolic OH excluding ortho intramolecular Hbond substituents is 1. The van der Waals surface area contributed by atoms with Gasteiger partial charge in [0.05, 0.1) is 23.8 Å². The molecule has 2 unspecified atom stereocenters. The number of nitrogens with zero attached hydrogens (tertiary/aromatic N) is 5. The number of aromatic nitrogens is 5. The van der Waals surface area contributed by atoms with Gasteiger partial charge in [-0.05, 0) is 25.0 Å². The predicted octanol–water partition coefficient (Wildman–Crippen LogP) is 2.43. The summed E-state index contributed by atoms with van der Waals surface area (Å²) < 4.78 is 22.2. The van der Waals surface area contributed by atoms with Crippen LogP contribution in [0.2, 0.25) is 0 Å². The molecule has 4 heterocycles. The Hall–Kier alpha value is -3.07. The van der Waals surface area contributed by atoms with Crippen molar-refractivity contribution in [3.63, 3.8) is 0 Å². The average Bonchev–Trinajstić information content (AvgIpc) is 3.28. The molecule has 9 heteroatoms. The van der Waals surface area contributed by atoms with Gasteiger partial charge >= 0.3 is 0 Å². The first kappa shape index (κ1) is 18.0. The summed E-state index contributed by atoms with van der Waals surface area (Å²) in [5, 5.41) is 21.8. The van der Waals surface area contributed by atoms with Crippen LogP contribution in [0.25, 0.3) is 17.1 Å². The standard InChI is InChI=1S/C20H21FN6O2/c21-19-15-3-1-2-12(24-15)8-17(19)29-18-10-23-20(26-25-18)14-5-4-13(9-16(14)28)27-7-6-22-11-27/h4-7,9-12,15,17,19,24,28H,1-3,8H2/t12?,15?,17-,19+/m1/s1.